The number of benzene rings is 2. The molecule has 1 unspecified atom stereocenters. The molecule has 1 aliphatic carbocycles. The topological polar surface area (TPSA) is 132 Å². The first kappa shape index (κ1) is 24.4. The van der Waals surface area contributed by atoms with Crippen molar-refractivity contribution in [2.45, 2.75) is 45.8 Å². The SMILES string of the molecule is Cc1cc(-c2nc(-c3cccc4c3CC3CC(=O)N(CCOS(=O)(=O)O)[C@H]43)no2)ccc1OC(C)C. The zero-order valence-corrected chi connectivity index (χ0v) is 21.0. The van der Waals surface area contributed by atoms with Gasteiger partial charge in [-0.2, -0.15) is 13.4 Å². The monoisotopic (exact) mass is 513 g/mol. The van der Waals surface area contributed by atoms with Gasteiger partial charge in [-0.25, -0.2) is 4.18 Å². The number of amides is 1. The number of likely N-dealkylation sites (tertiary alicyclic amines) is 1. The van der Waals surface area contributed by atoms with E-state index in [1.165, 1.54) is 0 Å². The molecular formula is C25H27N3O7S. The maximum atomic E-state index is 12.6. The van der Waals surface area contributed by atoms with E-state index in [0.717, 1.165) is 33.6 Å². The average Bonchev–Trinajstić information content (AvgIpc) is 3.49. The van der Waals surface area contributed by atoms with E-state index in [-0.39, 0.29) is 37.1 Å². The highest BCUT2D eigenvalue weighted by Gasteiger charge is 2.46. The average molecular weight is 514 g/mol. The van der Waals surface area contributed by atoms with Crippen LogP contribution in [0.5, 0.6) is 5.75 Å². The number of rotatable bonds is 8. The minimum atomic E-state index is -4.56. The summed E-state index contributed by atoms with van der Waals surface area (Å²) in [5.74, 6) is 1.67. The van der Waals surface area contributed by atoms with Gasteiger partial charge in [0.1, 0.15) is 5.75 Å². The highest BCUT2D eigenvalue weighted by Crippen LogP contribution is 2.49. The van der Waals surface area contributed by atoms with Gasteiger partial charge in [-0.1, -0.05) is 23.4 Å². The second-order valence-electron chi connectivity index (χ2n) is 9.39. The van der Waals surface area contributed by atoms with E-state index >= 15 is 0 Å². The summed E-state index contributed by atoms with van der Waals surface area (Å²) in [6, 6.07) is 11.3. The van der Waals surface area contributed by atoms with Crippen molar-refractivity contribution in [2.75, 3.05) is 13.2 Å². The molecule has 10 nitrogen and oxygen atoms in total. The van der Waals surface area contributed by atoms with Crippen LogP contribution in [-0.2, 0) is 25.8 Å². The van der Waals surface area contributed by atoms with E-state index < -0.39 is 10.4 Å². The van der Waals surface area contributed by atoms with Crippen molar-refractivity contribution in [2.24, 2.45) is 5.92 Å². The molecule has 1 amide bonds. The summed E-state index contributed by atoms with van der Waals surface area (Å²) in [5.41, 5.74) is 4.63. The van der Waals surface area contributed by atoms with E-state index in [4.69, 9.17) is 13.8 Å². The maximum Gasteiger partial charge on any atom is 0.397 e. The molecule has 1 N–H and O–H groups in total. The third-order valence-electron chi connectivity index (χ3n) is 6.55. The van der Waals surface area contributed by atoms with Gasteiger partial charge >= 0.3 is 10.4 Å². The van der Waals surface area contributed by atoms with Crippen molar-refractivity contribution in [1.82, 2.24) is 15.0 Å². The molecule has 5 rings (SSSR count). The lowest BCUT2D eigenvalue weighted by molar-refractivity contribution is -0.129. The van der Waals surface area contributed by atoms with Gasteiger partial charge in [-0.15, -0.1) is 0 Å². The first-order chi connectivity index (χ1) is 17.1. The van der Waals surface area contributed by atoms with Crippen molar-refractivity contribution in [3.63, 3.8) is 0 Å². The van der Waals surface area contributed by atoms with E-state index in [1.54, 1.807) is 4.90 Å². The van der Waals surface area contributed by atoms with E-state index in [1.807, 2.05) is 57.2 Å². The Labute approximate surface area is 209 Å². The third kappa shape index (κ3) is 4.73. The van der Waals surface area contributed by atoms with Crippen molar-refractivity contribution in [3.8, 4) is 28.6 Å². The van der Waals surface area contributed by atoms with Gasteiger partial charge in [-0.3, -0.25) is 9.35 Å². The zero-order chi connectivity index (χ0) is 25.6. The standard InChI is InChI=1S/C25H27N3O7S/c1-14(2)34-21-8-7-16(11-15(21)3)25-26-24(27-35-25)19-6-4-5-18-20(19)12-17-13-22(29)28(23(17)18)9-10-33-36(30,31)32/h4-8,11,14,17,23H,9-10,12-13H2,1-3H3,(H,30,31,32)/t17?,23-/m0/s1. The van der Waals surface area contributed by atoms with Crippen LogP contribution >= 0.6 is 0 Å². The summed E-state index contributed by atoms with van der Waals surface area (Å²) < 4.78 is 46.5. The quantitative estimate of drug-likeness (QED) is 0.447. The normalized spacial score (nSPS) is 19.1. The van der Waals surface area contributed by atoms with Crippen LogP contribution in [0.1, 0.15) is 43.0 Å². The molecule has 2 aliphatic rings. The highest BCUT2D eigenvalue weighted by atomic mass is 32.3. The minimum absolute atomic E-state index is 0.0573. The van der Waals surface area contributed by atoms with Gasteiger partial charge in [-0.05, 0) is 68.0 Å². The zero-order valence-electron chi connectivity index (χ0n) is 20.2. The molecule has 1 saturated heterocycles. The van der Waals surface area contributed by atoms with Crippen molar-refractivity contribution >= 4 is 16.3 Å². The summed E-state index contributed by atoms with van der Waals surface area (Å²) in [6.45, 7) is 5.68. The first-order valence-electron chi connectivity index (χ1n) is 11.8. The van der Waals surface area contributed by atoms with Crippen LogP contribution < -0.4 is 4.74 Å². The smallest absolute Gasteiger partial charge is 0.397 e. The molecule has 1 aromatic heterocycles. The molecule has 36 heavy (non-hydrogen) atoms. The lowest BCUT2D eigenvalue weighted by Gasteiger charge is -2.25. The summed E-state index contributed by atoms with van der Waals surface area (Å²) in [4.78, 5) is 18.9. The van der Waals surface area contributed by atoms with Crippen molar-refractivity contribution < 1.29 is 31.2 Å². The van der Waals surface area contributed by atoms with Gasteiger partial charge < -0.3 is 14.2 Å². The fourth-order valence-corrected chi connectivity index (χ4v) is 5.46. The minimum Gasteiger partial charge on any atom is -0.491 e. The Bertz CT molecular complexity index is 1420. The lowest BCUT2D eigenvalue weighted by atomic mass is 10.0. The molecule has 0 radical (unpaired) electrons. The molecule has 2 aromatic carbocycles. The number of hydrogen-bond donors (Lipinski definition) is 1. The van der Waals surface area contributed by atoms with Crippen LogP contribution in [0.3, 0.4) is 0 Å². The number of nitrogens with zero attached hydrogens (tertiary/aromatic N) is 3. The number of aryl methyl sites for hydroxylation is 1. The largest absolute Gasteiger partial charge is 0.491 e. The molecule has 0 saturated carbocycles. The molecule has 2 heterocycles. The summed E-state index contributed by atoms with van der Waals surface area (Å²) in [6.07, 6.45) is 1.10. The fourth-order valence-electron chi connectivity index (χ4n) is 5.17. The molecule has 190 valence electrons. The Kier molecular flexibility index (Phi) is 6.31. The number of aromatic nitrogens is 2. The predicted molar refractivity (Wildman–Crippen MR) is 129 cm³/mol. The molecule has 1 fully saturated rings. The Morgan fingerprint density at radius 1 is 1.22 bits per heavy atom. The summed E-state index contributed by atoms with van der Waals surface area (Å²) >= 11 is 0. The van der Waals surface area contributed by atoms with Gasteiger partial charge in [0.05, 0.1) is 18.8 Å². The van der Waals surface area contributed by atoms with Gasteiger partial charge in [0.25, 0.3) is 5.89 Å². The lowest BCUT2D eigenvalue weighted by Crippen LogP contribution is -2.32. The Hall–Kier alpha value is -3.28. The van der Waals surface area contributed by atoms with Crippen LogP contribution in [0, 0.1) is 12.8 Å². The maximum absolute atomic E-state index is 12.6. The number of fused-ring (bicyclic) bond motifs is 3. The van der Waals surface area contributed by atoms with Crippen LogP contribution in [0.4, 0.5) is 0 Å². The second kappa shape index (κ2) is 9.30. The molecule has 11 heteroatoms. The number of carbonyl (C=O) groups excluding carboxylic acids is 1. The molecular weight excluding hydrogens is 486 g/mol. The van der Waals surface area contributed by atoms with Crippen LogP contribution in [0.15, 0.2) is 40.9 Å². The highest BCUT2D eigenvalue weighted by molar-refractivity contribution is 7.80. The summed E-state index contributed by atoms with van der Waals surface area (Å²) in [7, 11) is -4.56. The molecule has 2 atom stereocenters. The Morgan fingerprint density at radius 2 is 2.03 bits per heavy atom. The molecule has 0 bridgehead atoms. The number of ether oxygens (including phenoxy) is 1. The van der Waals surface area contributed by atoms with Gasteiger partial charge in [0.2, 0.25) is 11.7 Å². The Balaban J connectivity index is 1.40. The molecule has 1 aliphatic heterocycles. The van der Waals surface area contributed by atoms with E-state index in [9.17, 15) is 13.2 Å². The second-order valence-corrected chi connectivity index (χ2v) is 10.5. The van der Waals surface area contributed by atoms with E-state index in [2.05, 4.69) is 14.3 Å². The van der Waals surface area contributed by atoms with Crippen LogP contribution in [-0.4, -0.2) is 53.2 Å². The van der Waals surface area contributed by atoms with Crippen LogP contribution in [0.25, 0.3) is 22.8 Å². The predicted octanol–water partition coefficient (Wildman–Crippen LogP) is 3.76. The number of carbonyl (C=O) groups is 1. The Morgan fingerprint density at radius 3 is 2.75 bits per heavy atom. The van der Waals surface area contributed by atoms with Gasteiger partial charge in [0.15, 0.2) is 0 Å². The fraction of sp³-hybridized carbons (Fsp3) is 0.400. The number of hydrogen-bond acceptors (Lipinski definition) is 8. The molecule has 3 aromatic rings. The van der Waals surface area contributed by atoms with E-state index in [0.29, 0.717) is 24.6 Å². The first-order valence-corrected chi connectivity index (χ1v) is 13.1. The summed E-state index contributed by atoms with van der Waals surface area (Å²) in [5, 5.41) is 4.23. The van der Waals surface area contributed by atoms with Crippen LogP contribution in [0.2, 0.25) is 0 Å². The van der Waals surface area contributed by atoms with Gasteiger partial charge in [0, 0.05) is 24.1 Å². The van der Waals surface area contributed by atoms with Crippen molar-refractivity contribution in [3.05, 3.63) is 53.1 Å². The third-order valence-corrected chi connectivity index (χ3v) is 7.02. The van der Waals surface area contributed by atoms with Crippen molar-refractivity contribution in [1.29, 1.82) is 0 Å². The molecule has 0 spiro atoms.